The van der Waals surface area contributed by atoms with Crippen molar-refractivity contribution in [3.8, 4) is 5.75 Å². The molecule has 0 saturated heterocycles. The zero-order chi connectivity index (χ0) is 16.2. The molecule has 0 bridgehead atoms. The van der Waals surface area contributed by atoms with E-state index >= 15 is 0 Å². The molecule has 5 nitrogen and oxygen atoms in total. The van der Waals surface area contributed by atoms with Crippen LogP contribution in [0.1, 0.15) is 38.2 Å². The highest BCUT2D eigenvalue weighted by Gasteiger charge is 2.05. The number of rotatable bonds is 10. The Morgan fingerprint density at radius 2 is 1.91 bits per heavy atom. The molecule has 5 heteroatoms. The third kappa shape index (κ3) is 7.67. The molecule has 0 aromatic heterocycles. The van der Waals surface area contributed by atoms with Gasteiger partial charge in [0.15, 0.2) is 0 Å². The lowest BCUT2D eigenvalue weighted by Gasteiger charge is -2.08. The highest BCUT2D eigenvalue weighted by molar-refractivity contribution is 5.72. The highest BCUT2D eigenvalue weighted by atomic mass is 16.5. The predicted molar refractivity (Wildman–Crippen MR) is 82.8 cm³/mol. The van der Waals surface area contributed by atoms with Gasteiger partial charge in [-0.3, -0.25) is 9.59 Å². The smallest absolute Gasteiger partial charge is 0.310 e. The van der Waals surface area contributed by atoms with E-state index in [2.05, 4.69) is 4.74 Å². The van der Waals surface area contributed by atoms with Gasteiger partial charge in [-0.25, -0.2) is 0 Å². The van der Waals surface area contributed by atoms with Crippen LogP contribution in [0.5, 0.6) is 5.75 Å². The molecular weight excluding hydrogens is 284 g/mol. The number of unbranched alkanes of at least 4 members (excludes halogenated alkanes) is 2. The highest BCUT2D eigenvalue weighted by Crippen LogP contribution is 2.15. The largest absolute Gasteiger partial charge is 0.494 e. The van der Waals surface area contributed by atoms with Crippen LogP contribution < -0.4 is 4.74 Å². The van der Waals surface area contributed by atoms with E-state index in [9.17, 15) is 9.59 Å². The summed E-state index contributed by atoms with van der Waals surface area (Å²) in [6.45, 7) is 2.77. The van der Waals surface area contributed by atoms with Crippen molar-refractivity contribution in [2.75, 3.05) is 20.3 Å². The van der Waals surface area contributed by atoms with E-state index in [-0.39, 0.29) is 18.4 Å². The minimum Gasteiger partial charge on any atom is -0.494 e. The topological polar surface area (TPSA) is 61.8 Å². The maximum absolute atomic E-state index is 11.4. The summed E-state index contributed by atoms with van der Waals surface area (Å²) in [6.07, 6.45) is 3.30. The first-order valence-corrected chi connectivity index (χ1v) is 7.60. The molecule has 0 aliphatic carbocycles. The van der Waals surface area contributed by atoms with Crippen LogP contribution in [-0.2, 0) is 25.5 Å². The van der Waals surface area contributed by atoms with Crippen LogP contribution in [0.2, 0.25) is 0 Å². The fourth-order valence-corrected chi connectivity index (χ4v) is 1.96. The van der Waals surface area contributed by atoms with Crippen molar-refractivity contribution < 1.29 is 23.8 Å². The summed E-state index contributed by atoms with van der Waals surface area (Å²) in [6, 6.07) is 7.45. The minimum absolute atomic E-state index is 0.174. The Labute approximate surface area is 131 Å². The van der Waals surface area contributed by atoms with Crippen molar-refractivity contribution in [1.29, 1.82) is 0 Å². The molecule has 0 N–H and O–H groups in total. The lowest BCUT2D eigenvalue weighted by Crippen LogP contribution is -2.07. The summed E-state index contributed by atoms with van der Waals surface area (Å²) < 4.78 is 15.2. The normalized spacial score (nSPS) is 10.1. The molecule has 0 radical (unpaired) electrons. The van der Waals surface area contributed by atoms with E-state index in [1.54, 1.807) is 6.92 Å². The van der Waals surface area contributed by atoms with Crippen LogP contribution in [-0.4, -0.2) is 32.3 Å². The molecule has 1 aromatic rings. The van der Waals surface area contributed by atoms with E-state index in [1.807, 2.05) is 24.3 Å². The summed E-state index contributed by atoms with van der Waals surface area (Å²) >= 11 is 0. The third-order valence-electron chi connectivity index (χ3n) is 3.07. The second-order valence-corrected chi connectivity index (χ2v) is 4.86. The van der Waals surface area contributed by atoms with Gasteiger partial charge in [0.2, 0.25) is 0 Å². The summed E-state index contributed by atoms with van der Waals surface area (Å²) in [5.41, 5.74) is 0.877. The Kier molecular flexibility index (Phi) is 8.72. The van der Waals surface area contributed by atoms with Crippen LogP contribution in [0.25, 0.3) is 0 Å². The second kappa shape index (κ2) is 10.7. The summed E-state index contributed by atoms with van der Waals surface area (Å²) in [7, 11) is 1.40. The maximum atomic E-state index is 11.4. The molecule has 0 aliphatic rings. The number of methoxy groups -OCH3 is 1. The van der Waals surface area contributed by atoms with Crippen molar-refractivity contribution in [1.82, 2.24) is 0 Å². The Morgan fingerprint density at radius 3 is 2.64 bits per heavy atom. The second-order valence-electron chi connectivity index (χ2n) is 4.86. The van der Waals surface area contributed by atoms with Crippen molar-refractivity contribution >= 4 is 11.9 Å². The fraction of sp³-hybridized carbons (Fsp3) is 0.529. The maximum Gasteiger partial charge on any atom is 0.310 e. The number of ether oxygens (including phenoxy) is 3. The lowest BCUT2D eigenvalue weighted by atomic mass is 10.1. The summed E-state index contributed by atoms with van der Waals surface area (Å²) in [5.74, 6) is 0.338. The van der Waals surface area contributed by atoms with Crippen molar-refractivity contribution in [2.24, 2.45) is 0 Å². The van der Waals surface area contributed by atoms with Gasteiger partial charge in [-0.15, -0.1) is 0 Å². The van der Waals surface area contributed by atoms with E-state index < -0.39 is 0 Å². The zero-order valence-corrected chi connectivity index (χ0v) is 13.3. The van der Waals surface area contributed by atoms with Gasteiger partial charge < -0.3 is 14.2 Å². The van der Waals surface area contributed by atoms with Gasteiger partial charge >= 0.3 is 11.9 Å². The van der Waals surface area contributed by atoms with Gasteiger partial charge in [0.25, 0.3) is 0 Å². The fourth-order valence-electron chi connectivity index (χ4n) is 1.96. The minimum atomic E-state index is -0.234. The molecule has 22 heavy (non-hydrogen) atoms. The van der Waals surface area contributed by atoms with Gasteiger partial charge in [-0.1, -0.05) is 12.1 Å². The van der Waals surface area contributed by atoms with E-state index in [1.165, 1.54) is 7.11 Å². The molecule has 0 aliphatic heterocycles. The quantitative estimate of drug-likeness (QED) is 0.491. The van der Waals surface area contributed by atoms with Crippen molar-refractivity contribution in [3.63, 3.8) is 0 Å². The molecule has 0 unspecified atom stereocenters. The zero-order valence-electron chi connectivity index (χ0n) is 13.3. The average Bonchev–Trinajstić information content (AvgIpc) is 2.51. The lowest BCUT2D eigenvalue weighted by molar-refractivity contribution is -0.142. The Balaban J connectivity index is 2.25. The van der Waals surface area contributed by atoms with Crippen LogP contribution in [0.15, 0.2) is 24.3 Å². The van der Waals surface area contributed by atoms with E-state index in [0.29, 0.717) is 19.6 Å². The molecule has 0 heterocycles. The molecule has 1 rings (SSSR count). The SMILES string of the molecule is CCOC(=O)Cc1cccc(OCCCCCC(=O)OC)c1. The third-order valence-corrected chi connectivity index (χ3v) is 3.07. The first-order chi connectivity index (χ1) is 10.7. The van der Waals surface area contributed by atoms with Crippen molar-refractivity contribution in [2.45, 2.75) is 39.0 Å². The molecule has 122 valence electrons. The Morgan fingerprint density at radius 1 is 1.09 bits per heavy atom. The number of esters is 2. The first kappa shape index (κ1) is 18.0. The van der Waals surface area contributed by atoms with E-state index in [4.69, 9.17) is 9.47 Å². The van der Waals surface area contributed by atoms with Gasteiger partial charge in [-0.05, 0) is 43.9 Å². The van der Waals surface area contributed by atoms with Gasteiger partial charge in [0, 0.05) is 6.42 Å². The number of hydrogen-bond acceptors (Lipinski definition) is 5. The molecule has 1 aromatic carbocycles. The van der Waals surface area contributed by atoms with E-state index in [0.717, 1.165) is 30.6 Å². The standard InChI is InChI=1S/C17H24O5/c1-3-21-17(19)13-14-8-7-9-15(12-14)22-11-6-4-5-10-16(18)20-2/h7-9,12H,3-6,10-11,13H2,1-2H3. The number of carbonyl (C=O) groups excluding carboxylic acids is 2. The van der Waals surface area contributed by atoms with Crippen LogP contribution in [0.3, 0.4) is 0 Å². The summed E-state index contributed by atoms with van der Waals surface area (Å²) in [5, 5.41) is 0. The number of benzene rings is 1. The molecule has 0 atom stereocenters. The number of carbonyl (C=O) groups is 2. The summed E-state index contributed by atoms with van der Waals surface area (Å²) in [4.78, 5) is 22.4. The molecular formula is C17H24O5. The molecule has 0 amide bonds. The van der Waals surface area contributed by atoms with Crippen molar-refractivity contribution in [3.05, 3.63) is 29.8 Å². The van der Waals surface area contributed by atoms with Gasteiger partial charge in [0.1, 0.15) is 5.75 Å². The number of hydrogen-bond donors (Lipinski definition) is 0. The predicted octanol–water partition coefficient (Wildman–Crippen LogP) is 2.90. The van der Waals surface area contributed by atoms with Crippen LogP contribution in [0.4, 0.5) is 0 Å². The van der Waals surface area contributed by atoms with Crippen LogP contribution in [0, 0.1) is 0 Å². The molecule has 0 saturated carbocycles. The molecule has 0 fully saturated rings. The van der Waals surface area contributed by atoms with Gasteiger partial charge in [-0.2, -0.15) is 0 Å². The Bertz CT molecular complexity index is 470. The van der Waals surface area contributed by atoms with Crippen LogP contribution >= 0.6 is 0 Å². The Hall–Kier alpha value is -2.04. The van der Waals surface area contributed by atoms with Gasteiger partial charge in [0.05, 0.1) is 26.7 Å². The monoisotopic (exact) mass is 308 g/mol. The molecule has 0 spiro atoms. The average molecular weight is 308 g/mol. The first-order valence-electron chi connectivity index (χ1n) is 7.60.